The van der Waals surface area contributed by atoms with Crippen LogP contribution >= 0.6 is 22.7 Å². The first-order chi connectivity index (χ1) is 15.5. The number of hydrogen-bond donors (Lipinski definition) is 1. The predicted octanol–water partition coefficient (Wildman–Crippen LogP) is 5.04. The number of ether oxygens (including phenoxy) is 2. The molecule has 0 aliphatic heterocycles. The fraction of sp³-hybridized carbons (Fsp3) is 0.0909. The summed E-state index contributed by atoms with van der Waals surface area (Å²) in [5.41, 5.74) is 1.89. The molecule has 0 spiro atoms. The number of para-hydroxylation sites is 1. The summed E-state index contributed by atoms with van der Waals surface area (Å²) in [6, 6.07) is 14.2. The molecule has 0 radical (unpaired) electrons. The van der Waals surface area contributed by atoms with E-state index in [0.717, 1.165) is 10.6 Å². The first kappa shape index (κ1) is 22.0. The SMILES string of the molecule is COc1ccc(S(=O)(=O)Nc2ccccc2C(=O)OCc2csc(-c3ccsc3)n2)cc1. The molecule has 1 N–H and O–H groups in total. The molecule has 0 aliphatic carbocycles. The Morgan fingerprint density at radius 2 is 1.84 bits per heavy atom. The highest BCUT2D eigenvalue weighted by Gasteiger charge is 2.20. The Bertz CT molecular complexity index is 1310. The van der Waals surface area contributed by atoms with Crippen LogP contribution in [-0.4, -0.2) is 26.5 Å². The van der Waals surface area contributed by atoms with Gasteiger partial charge in [-0.15, -0.1) is 11.3 Å². The normalized spacial score (nSPS) is 11.2. The summed E-state index contributed by atoms with van der Waals surface area (Å²) in [7, 11) is -2.41. The number of thiazole rings is 1. The van der Waals surface area contributed by atoms with Gasteiger partial charge >= 0.3 is 5.97 Å². The van der Waals surface area contributed by atoms with Crippen molar-refractivity contribution in [2.24, 2.45) is 0 Å². The molecule has 0 bridgehead atoms. The van der Waals surface area contributed by atoms with E-state index in [2.05, 4.69) is 9.71 Å². The highest BCUT2D eigenvalue weighted by molar-refractivity contribution is 7.92. The summed E-state index contributed by atoms with van der Waals surface area (Å²) in [5.74, 6) is -0.111. The molecule has 164 valence electrons. The third-order valence-corrected chi connectivity index (χ3v) is 7.44. The second-order valence-corrected chi connectivity index (χ2v) is 9.88. The fourth-order valence-corrected chi connectivity index (χ4v) is 5.41. The van der Waals surface area contributed by atoms with Gasteiger partial charge in [0.05, 0.1) is 29.0 Å². The van der Waals surface area contributed by atoms with Crippen LogP contribution in [0.2, 0.25) is 0 Å². The molecule has 10 heteroatoms. The van der Waals surface area contributed by atoms with E-state index in [4.69, 9.17) is 9.47 Å². The van der Waals surface area contributed by atoms with Crippen LogP contribution in [0, 0.1) is 0 Å². The second-order valence-electron chi connectivity index (χ2n) is 6.56. The molecule has 0 fully saturated rings. The van der Waals surface area contributed by atoms with Gasteiger partial charge in [0.25, 0.3) is 10.0 Å². The Kier molecular flexibility index (Phi) is 6.54. The van der Waals surface area contributed by atoms with Crippen LogP contribution < -0.4 is 9.46 Å². The van der Waals surface area contributed by atoms with Crippen LogP contribution in [0.5, 0.6) is 5.75 Å². The lowest BCUT2D eigenvalue weighted by molar-refractivity contribution is 0.0470. The first-order valence-electron chi connectivity index (χ1n) is 9.36. The molecule has 0 amide bonds. The van der Waals surface area contributed by atoms with Gasteiger partial charge in [0.15, 0.2) is 0 Å². The zero-order chi connectivity index (χ0) is 22.6. The molecular formula is C22H18N2O5S3. The van der Waals surface area contributed by atoms with E-state index in [1.807, 2.05) is 22.2 Å². The van der Waals surface area contributed by atoms with Crippen LogP contribution in [0.1, 0.15) is 16.1 Å². The lowest BCUT2D eigenvalue weighted by Gasteiger charge is -2.12. The molecule has 2 heterocycles. The minimum Gasteiger partial charge on any atom is -0.497 e. The van der Waals surface area contributed by atoms with Crippen LogP contribution in [-0.2, 0) is 21.4 Å². The van der Waals surface area contributed by atoms with Gasteiger partial charge in [0.2, 0.25) is 0 Å². The van der Waals surface area contributed by atoms with E-state index < -0.39 is 16.0 Å². The van der Waals surface area contributed by atoms with Crippen molar-refractivity contribution in [3.8, 4) is 16.3 Å². The Morgan fingerprint density at radius 3 is 2.56 bits per heavy atom. The minimum absolute atomic E-state index is 0.0148. The van der Waals surface area contributed by atoms with Crippen LogP contribution in [0.15, 0.2) is 75.6 Å². The van der Waals surface area contributed by atoms with Gasteiger partial charge in [-0.2, -0.15) is 11.3 Å². The average Bonchev–Trinajstić information content (AvgIpc) is 3.50. The number of methoxy groups -OCH3 is 1. The molecule has 0 atom stereocenters. The van der Waals surface area contributed by atoms with Crippen molar-refractivity contribution in [2.45, 2.75) is 11.5 Å². The number of rotatable bonds is 8. The molecule has 4 rings (SSSR count). The summed E-state index contributed by atoms with van der Waals surface area (Å²) in [6.07, 6.45) is 0. The molecule has 32 heavy (non-hydrogen) atoms. The maximum atomic E-state index is 12.8. The van der Waals surface area contributed by atoms with Gasteiger partial charge in [0, 0.05) is 16.3 Å². The predicted molar refractivity (Wildman–Crippen MR) is 125 cm³/mol. The summed E-state index contributed by atoms with van der Waals surface area (Å²) in [6.45, 7) is -0.0148. The van der Waals surface area contributed by atoms with E-state index in [0.29, 0.717) is 11.4 Å². The molecular weight excluding hydrogens is 468 g/mol. The smallest absolute Gasteiger partial charge is 0.340 e. The van der Waals surface area contributed by atoms with Crippen molar-refractivity contribution in [3.63, 3.8) is 0 Å². The summed E-state index contributed by atoms with van der Waals surface area (Å²) in [5, 5.41) is 6.66. The van der Waals surface area contributed by atoms with E-state index >= 15 is 0 Å². The molecule has 4 aromatic rings. The van der Waals surface area contributed by atoms with Crippen LogP contribution in [0.3, 0.4) is 0 Å². The standard InChI is InChI=1S/C22H18N2O5S3/c1-28-17-6-8-18(9-7-17)32(26,27)24-20-5-3-2-4-19(20)22(25)29-12-16-14-31-21(23-16)15-10-11-30-13-15/h2-11,13-14,24H,12H2,1H3. The van der Waals surface area contributed by atoms with Gasteiger partial charge in [-0.3, -0.25) is 4.72 Å². The molecule has 0 aliphatic rings. The largest absolute Gasteiger partial charge is 0.497 e. The number of sulfonamides is 1. The Balaban J connectivity index is 1.47. The lowest BCUT2D eigenvalue weighted by Crippen LogP contribution is -2.16. The number of carbonyl (C=O) groups excluding carboxylic acids is 1. The van der Waals surface area contributed by atoms with Crippen molar-refractivity contribution in [1.82, 2.24) is 4.98 Å². The van der Waals surface area contributed by atoms with Crippen molar-refractivity contribution in [3.05, 3.63) is 82.0 Å². The summed E-state index contributed by atoms with van der Waals surface area (Å²) in [4.78, 5) is 17.2. The molecule has 2 aromatic heterocycles. The zero-order valence-electron chi connectivity index (χ0n) is 16.8. The van der Waals surface area contributed by atoms with Crippen molar-refractivity contribution in [2.75, 3.05) is 11.8 Å². The number of benzene rings is 2. The minimum atomic E-state index is -3.91. The van der Waals surface area contributed by atoms with Crippen LogP contribution in [0.25, 0.3) is 10.6 Å². The number of thiophene rings is 1. The highest BCUT2D eigenvalue weighted by atomic mass is 32.2. The zero-order valence-corrected chi connectivity index (χ0v) is 19.3. The molecule has 0 saturated carbocycles. The van der Waals surface area contributed by atoms with Crippen molar-refractivity contribution < 1.29 is 22.7 Å². The summed E-state index contributed by atoms with van der Waals surface area (Å²) >= 11 is 3.05. The highest BCUT2D eigenvalue weighted by Crippen LogP contribution is 2.27. The average molecular weight is 487 g/mol. The molecule has 7 nitrogen and oxygen atoms in total. The number of anilines is 1. The number of carbonyl (C=O) groups is 1. The maximum absolute atomic E-state index is 12.8. The Morgan fingerprint density at radius 1 is 1.06 bits per heavy atom. The molecule has 0 saturated heterocycles. The van der Waals surface area contributed by atoms with Crippen molar-refractivity contribution in [1.29, 1.82) is 0 Å². The van der Waals surface area contributed by atoms with Crippen molar-refractivity contribution >= 4 is 44.4 Å². The van der Waals surface area contributed by atoms with Crippen LogP contribution in [0.4, 0.5) is 5.69 Å². The van der Waals surface area contributed by atoms with E-state index in [1.54, 1.807) is 35.6 Å². The topological polar surface area (TPSA) is 94.6 Å². The quantitative estimate of drug-likeness (QED) is 0.351. The van der Waals surface area contributed by atoms with Gasteiger partial charge in [0.1, 0.15) is 17.4 Å². The second kappa shape index (κ2) is 9.51. The monoisotopic (exact) mass is 486 g/mol. The van der Waals surface area contributed by atoms with E-state index in [-0.39, 0.29) is 22.8 Å². The third-order valence-electron chi connectivity index (χ3n) is 4.43. The third kappa shape index (κ3) is 4.98. The van der Waals surface area contributed by atoms with E-state index in [1.165, 1.54) is 42.7 Å². The summed E-state index contributed by atoms with van der Waals surface area (Å²) < 4.78 is 38.4. The van der Waals surface area contributed by atoms with Gasteiger partial charge in [-0.05, 0) is 47.8 Å². The van der Waals surface area contributed by atoms with Gasteiger partial charge in [-0.1, -0.05) is 12.1 Å². The van der Waals surface area contributed by atoms with Gasteiger partial charge in [-0.25, -0.2) is 18.2 Å². The van der Waals surface area contributed by atoms with Gasteiger partial charge < -0.3 is 9.47 Å². The lowest BCUT2D eigenvalue weighted by atomic mass is 10.2. The van der Waals surface area contributed by atoms with E-state index in [9.17, 15) is 13.2 Å². The Labute approximate surface area is 193 Å². The fourth-order valence-electron chi connectivity index (χ4n) is 2.82. The molecule has 0 unspecified atom stereocenters. The molecule has 2 aromatic carbocycles. The Hall–Kier alpha value is -3.21. The number of aromatic nitrogens is 1. The number of nitrogens with one attached hydrogen (secondary N) is 1. The number of esters is 1. The number of nitrogens with zero attached hydrogens (tertiary/aromatic N) is 1. The first-order valence-corrected chi connectivity index (χ1v) is 12.7. The maximum Gasteiger partial charge on any atom is 0.340 e. The number of hydrogen-bond acceptors (Lipinski definition) is 8.